The molecule has 2 aliphatic rings. The molecule has 9 heteroatoms. The summed E-state index contributed by atoms with van der Waals surface area (Å²) in [6, 6.07) is 2.03. The summed E-state index contributed by atoms with van der Waals surface area (Å²) >= 11 is 0. The zero-order chi connectivity index (χ0) is 22.1. The van der Waals surface area contributed by atoms with Crippen LogP contribution in [0.15, 0.2) is 16.9 Å². The highest BCUT2D eigenvalue weighted by atomic mass is 19.2. The number of hydrogen-bond donors (Lipinski definition) is 1. The highest BCUT2D eigenvalue weighted by Gasteiger charge is 2.42. The number of halogens is 2. The standard InChI is InChI=1S/C19H24F2N4O3.C2H6.H2/c1-19(5-8-23(11-19)18(27)28-2)24-6-3-12(4-7-24)25-16-10-14(21)13(20)9-15(16)22-17(25)26;1-2;/h9-10,12H,3-8,11H2,1-2H3,(H,22,26);1-2H3;1H. The van der Waals surface area contributed by atoms with E-state index in [4.69, 9.17) is 4.74 Å². The number of carbonyl (C=O) groups excluding carboxylic acids is 1. The molecule has 1 atom stereocenters. The number of methoxy groups -OCH3 is 1. The van der Waals surface area contributed by atoms with Crippen molar-refractivity contribution in [2.75, 3.05) is 33.3 Å². The number of imidazole rings is 1. The number of likely N-dealkylation sites (tertiary alicyclic amines) is 2. The van der Waals surface area contributed by atoms with E-state index in [1.807, 2.05) is 13.8 Å². The van der Waals surface area contributed by atoms with Crippen LogP contribution in [0.4, 0.5) is 13.6 Å². The van der Waals surface area contributed by atoms with Crippen molar-refractivity contribution in [2.45, 2.75) is 51.6 Å². The fraction of sp³-hybridized carbons (Fsp3) is 0.619. The molecule has 2 saturated heterocycles. The van der Waals surface area contributed by atoms with E-state index in [2.05, 4.69) is 16.8 Å². The molecular weight excluding hydrogens is 394 g/mol. The molecule has 3 heterocycles. The van der Waals surface area contributed by atoms with Gasteiger partial charge in [0.2, 0.25) is 0 Å². The van der Waals surface area contributed by atoms with Crippen LogP contribution < -0.4 is 5.69 Å². The van der Waals surface area contributed by atoms with Gasteiger partial charge in [0, 0.05) is 51.3 Å². The van der Waals surface area contributed by atoms with Crippen LogP contribution in [0.1, 0.15) is 47.5 Å². The normalized spacial score (nSPS) is 22.8. The SMILES string of the molecule is CC.COC(=O)N1CCC(C)(N2CCC(n3c(=O)[nH]c4cc(F)c(F)cc43)CC2)C1.[HH]. The number of carbonyl (C=O) groups is 1. The Morgan fingerprint density at radius 2 is 1.83 bits per heavy atom. The predicted octanol–water partition coefficient (Wildman–Crippen LogP) is 3.75. The molecule has 1 N–H and O–H groups in total. The third-order valence-corrected chi connectivity index (χ3v) is 6.24. The second-order valence-corrected chi connectivity index (χ2v) is 7.94. The Labute approximate surface area is 176 Å². The fourth-order valence-electron chi connectivity index (χ4n) is 4.64. The Kier molecular flexibility index (Phi) is 6.50. The van der Waals surface area contributed by atoms with Gasteiger partial charge in [-0.15, -0.1) is 0 Å². The van der Waals surface area contributed by atoms with Crippen molar-refractivity contribution in [1.82, 2.24) is 19.4 Å². The largest absolute Gasteiger partial charge is 0.453 e. The zero-order valence-corrected chi connectivity index (χ0v) is 18.0. The number of aromatic nitrogens is 2. The van der Waals surface area contributed by atoms with E-state index in [1.54, 1.807) is 9.47 Å². The van der Waals surface area contributed by atoms with Gasteiger partial charge in [0.05, 0.1) is 18.1 Å². The number of ether oxygens (including phenoxy) is 1. The number of benzene rings is 1. The van der Waals surface area contributed by atoms with E-state index in [9.17, 15) is 18.4 Å². The minimum Gasteiger partial charge on any atom is -0.453 e. The third-order valence-electron chi connectivity index (χ3n) is 6.24. The van der Waals surface area contributed by atoms with Gasteiger partial charge in [0.25, 0.3) is 0 Å². The van der Waals surface area contributed by atoms with Gasteiger partial charge in [-0.2, -0.15) is 0 Å². The molecule has 2 aromatic rings. The Bertz CT molecular complexity index is 971. The van der Waals surface area contributed by atoms with Gasteiger partial charge in [0.15, 0.2) is 11.6 Å². The number of aromatic amines is 1. The molecule has 0 radical (unpaired) electrons. The van der Waals surface area contributed by atoms with Crippen molar-refractivity contribution in [1.29, 1.82) is 0 Å². The number of nitrogens with one attached hydrogen (secondary N) is 1. The molecule has 1 aromatic heterocycles. The lowest BCUT2D eigenvalue weighted by Gasteiger charge is -2.43. The Balaban J connectivity index is 0.00000111. The Hall–Kier alpha value is -2.42. The summed E-state index contributed by atoms with van der Waals surface area (Å²) < 4.78 is 33.5. The van der Waals surface area contributed by atoms with Crippen molar-refractivity contribution >= 4 is 17.1 Å². The number of H-pyrrole nitrogens is 1. The van der Waals surface area contributed by atoms with E-state index >= 15 is 0 Å². The molecule has 0 saturated carbocycles. The summed E-state index contributed by atoms with van der Waals surface area (Å²) in [7, 11) is 1.39. The van der Waals surface area contributed by atoms with E-state index in [0.29, 0.717) is 24.1 Å². The van der Waals surface area contributed by atoms with E-state index in [-0.39, 0.29) is 24.8 Å². The zero-order valence-electron chi connectivity index (χ0n) is 18.0. The summed E-state index contributed by atoms with van der Waals surface area (Å²) in [4.78, 5) is 30.9. The van der Waals surface area contributed by atoms with Gasteiger partial charge >= 0.3 is 11.8 Å². The average molecular weight is 427 g/mol. The average Bonchev–Trinajstić information content (AvgIpc) is 3.30. The van der Waals surface area contributed by atoms with Gasteiger partial charge in [-0.05, 0) is 26.2 Å². The van der Waals surface area contributed by atoms with Gasteiger partial charge < -0.3 is 14.6 Å². The molecule has 1 aromatic carbocycles. The lowest BCUT2D eigenvalue weighted by atomic mass is 9.94. The first-order valence-corrected chi connectivity index (χ1v) is 10.5. The van der Waals surface area contributed by atoms with Gasteiger partial charge in [-0.3, -0.25) is 9.47 Å². The lowest BCUT2D eigenvalue weighted by molar-refractivity contribution is 0.0662. The maximum Gasteiger partial charge on any atom is 0.409 e. The molecular formula is C21H32F2N4O3. The predicted molar refractivity (Wildman–Crippen MR) is 113 cm³/mol. The Morgan fingerprint density at radius 3 is 2.47 bits per heavy atom. The fourth-order valence-corrected chi connectivity index (χ4v) is 4.64. The van der Waals surface area contributed by atoms with Gasteiger partial charge in [-0.25, -0.2) is 18.4 Å². The number of piperidine rings is 1. The molecule has 0 aliphatic carbocycles. The summed E-state index contributed by atoms with van der Waals surface area (Å²) in [6.07, 6.45) is 2.00. The Morgan fingerprint density at radius 1 is 1.20 bits per heavy atom. The molecule has 4 rings (SSSR count). The van der Waals surface area contributed by atoms with Crippen molar-refractivity contribution < 1.29 is 19.7 Å². The monoisotopic (exact) mass is 426 g/mol. The number of amides is 1. The molecule has 30 heavy (non-hydrogen) atoms. The molecule has 168 valence electrons. The molecule has 1 amide bonds. The maximum absolute atomic E-state index is 13.7. The topological polar surface area (TPSA) is 70.6 Å². The highest BCUT2D eigenvalue weighted by Crippen LogP contribution is 2.34. The van der Waals surface area contributed by atoms with E-state index in [0.717, 1.165) is 44.5 Å². The van der Waals surface area contributed by atoms with Crippen LogP contribution in [-0.2, 0) is 4.74 Å². The summed E-state index contributed by atoms with van der Waals surface area (Å²) in [5, 5.41) is 0. The summed E-state index contributed by atoms with van der Waals surface area (Å²) in [5.74, 6) is -1.93. The summed E-state index contributed by atoms with van der Waals surface area (Å²) in [5.41, 5.74) is 0.232. The van der Waals surface area contributed by atoms with Crippen LogP contribution in [0.5, 0.6) is 0 Å². The van der Waals surface area contributed by atoms with Crippen molar-refractivity contribution in [3.05, 3.63) is 34.3 Å². The van der Waals surface area contributed by atoms with Gasteiger partial charge in [0.1, 0.15) is 0 Å². The van der Waals surface area contributed by atoms with Crippen LogP contribution in [0.3, 0.4) is 0 Å². The minimum atomic E-state index is -0.972. The van der Waals surface area contributed by atoms with E-state index < -0.39 is 11.6 Å². The second-order valence-electron chi connectivity index (χ2n) is 7.94. The molecule has 0 bridgehead atoms. The number of hydrogen-bond acceptors (Lipinski definition) is 4. The van der Waals surface area contributed by atoms with Crippen molar-refractivity contribution in [3.8, 4) is 0 Å². The number of nitrogens with zero attached hydrogens (tertiary/aromatic N) is 3. The van der Waals surface area contributed by atoms with E-state index in [1.165, 1.54) is 7.11 Å². The number of fused-ring (bicyclic) bond motifs is 1. The van der Waals surface area contributed by atoms with Crippen molar-refractivity contribution in [3.63, 3.8) is 0 Å². The third kappa shape index (κ3) is 3.95. The molecule has 7 nitrogen and oxygen atoms in total. The van der Waals surface area contributed by atoms with Crippen LogP contribution in [-0.4, -0.2) is 64.3 Å². The van der Waals surface area contributed by atoms with Crippen LogP contribution >= 0.6 is 0 Å². The second kappa shape index (κ2) is 8.75. The highest BCUT2D eigenvalue weighted by molar-refractivity contribution is 5.75. The van der Waals surface area contributed by atoms with Crippen LogP contribution in [0, 0.1) is 11.6 Å². The smallest absolute Gasteiger partial charge is 0.409 e. The van der Waals surface area contributed by atoms with Crippen LogP contribution in [0.2, 0.25) is 0 Å². The minimum absolute atomic E-state index is 0. The molecule has 0 spiro atoms. The quantitative estimate of drug-likeness (QED) is 0.794. The van der Waals surface area contributed by atoms with Crippen molar-refractivity contribution in [2.24, 2.45) is 0 Å². The first kappa shape index (κ1) is 22.3. The number of rotatable bonds is 2. The van der Waals surface area contributed by atoms with Gasteiger partial charge in [-0.1, -0.05) is 13.8 Å². The molecule has 2 fully saturated rings. The molecule has 2 aliphatic heterocycles. The van der Waals surface area contributed by atoms with Crippen LogP contribution in [0.25, 0.3) is 11.0 Å². The first-order chi connectivity index (χ1) is 14.3. The molecule has 1 unspecified atom stereocenters. The summed E-state index contributed by atoms with van der Waals surface area (Å²) in [6.45, 7) is 8.95. The first-order valence-electron chi connectivity index (χ1n) is 10.5. The lowest BCUT2D eigenvalue weighted by Crippen LogP contribution is -2.52. The maximum atomic E-state index is 13.7.